The van der Waals surface area contributed by atoms with E-state index in [4.69, 9.17) is 0 Å². The number of likely N-dealkylation sites (tertiary alicyclic amines) is 1. The van der Waals surface area contributed by atoms with Gasteiger partial charge in [0, 0.05) is 5.69 Å². The van der Waals surface area contributed by atoms with Crippen LogP contribution in [0, 0.1) is 25.7 Å². The lowest BCUT2D eigenvalue weighted by Gasteiger charge is -2.21. The van der Waals surface area contributed by atoms with Gasteiger partial charge in [-0.05, 0) is 33.1 Å². The molecule has 8 nitrogen and oxygen atoms in total. The molecule has 1 N–H and O–H groups in total. The molecule has 29 heavy (non-hydrogen) atoms. The second-order valence-electron chi connectivity index (χ2n) is 8.70. The number of carbonyl (C=O) groups excluding carboxylic acids is 2. The Morgan fingerprint density at radius 2 is 1.76 bits per heavy atom. The molecule has 1 aromatic heterocycles. The van der Waals surface area contributed by atoms with Crippen LogP contribution in [-0.2, 0) is 26.0 Å². The number of allylic oxidation sites excluding steroid dienone is 2. The third-order valence-corrected chi connectivity index (χ3v) is 8.28. The molecule has 3 aliphatic rings. The van der Waals surface area contributed by atoms with Gasteiger partial charge in [-0.25, -0.2) is 13.3 Å². The highest BCUT2D eigenvalue weighted by atomic mass is 32.2. The van der Waals surface area contributed by atoms with E-state index >= 15 is 0 Å². The highest BCUT2D eigenvalue weighted by Crippen LogP contribution is 2.34. The van der Waals surface area contributed by atoms with Gasteiger partial charge in [-0.2, -0.15) is 5.10 Å². The Labute approximate surface area is 171 Å². The van der Waals surface area contributed by atoms with Crippen LogP contribution >= 0.6 is 0 Å². The van der Waals surface area contributed by atoms with Gasteiger partial charge in [0.15, 0.2) is 16.5 Å². The largest absolute Gasteiger partial charge is 0.316 e. The molecule has 4 rings (SSSR count). The van der Waals surface area contributed by atoms with Gasteiger partial charge >= 0.3 is 0 Å². The van der Waals surface area contributed by atoms with Crippen molar-refractivity contribution in [3.8, 4) is 0 Å². The first-order valence-corrected chi connectivity index (χ1v) is 12.1. The summed E-state index contributed by atoms with van der Waals surface area (Å²) in [6.07, 6.45) is 5.90. The van der Waals surface area contributed by atoms with Crippen LogP contribution in [0.2, 0.25) is 0 Å². The SMILES string of the molecule is Cc1nn([C@@H]2CCS(=O)(=O)C2)c(C)c1C[NH+](C)CN1C(=O)[C@H]2CC=CC[C@H]2C1=O. The number of aryl methyl sites for hydroxylation is 1. The van der Waals surface area contributed by atoms with Crippen molar-refractivity contribution < 1.29 is 22.9 Å². The molecule has 158 valence electrons. The Morgan fingerprint density at radius 3 is 2.31 bits per heavy atom. The molecule has 0 radical (unpaired) electrons. The number of amides is 2. The van der Waals surface area contributed by atoms with E-state index in [0.29, 0.717) is 32.5 Å². The summed E-state index contributed by atoms with van der Waals surface area (Å²) in [5, 5.41) is 4.61. The number of sulfone groups is 1. The molecule has 0 saturated carbocycles. The molecule has 1 aromatic rings. The van der Waals surface area contributed by atoms with Crippen molar-refractivity contribution in [1.29, 1.82) is 0 Å². The lowest BCUT2D eigenvalue weighted by atomic mass is 9.85. The third kappa shape index (κ3) is 3.66. The van der Waals surface area contributed by atoms with Gasteiger partial charge in [0.1, 0.15) is 6.54 Å². The maximum atomic E-state index is 12.7. The van der Waals surface area contributed by atoms with Crippen molar-refractivity contribution in [2.45, 2.75) is 45.7 Å². The van der Waals surface area contributed by atoms with Gasteiger partial charge in [-0.15, -0.1) is 0 Å². The number of quaternary nitrogens is 1. The van der Waals surface area contributed by atoms with Crippen LogP contribution in [0.1, 0.15) is 42.3 Å². The summed E-state index contributed by atoms with van der Waals surface area (Å²) in [7, 11) is -1.01. The smallest absolute Gasteiger partial charge is 0.237 e. The van der Waals surface area contributed by atoms with E-state index in [1.165, 1.54) is 4.90 Å². The van der Waals surface area contributed by atoms with Crippen molar-refractivity contribution in [3.05, 3.63) is 29.1 Å². The molecule has 0 bridgehead atoms. The van der Waals surface area contributed by atoms with Crippen molar-refractivity contribution in [2.24, 2.45) is 11.8 Å². The zero-order valence-corrected chi connectivity index (χ0v) is 18.0. The zero-order chi connectivity index (χ0) is 20.9. The maximum absolute atomic E-state index is 12.7. The summed E-state index contributed by atoms with van der Waals surface area (Å²) >= 11 is 0. The van der Waals surface area contributed by atoms with Crippen molar-refractivity contribution >= 4 is 21.7 Å². The minimum absolute atomic E-state index is 0.0519. The van der Waals surface area contributed by atoms with Gasteiger partial charge in [0.2, 0.25) is 11.8 Å². The molecule has 1 unspecified atom stereocenters. The van der Waals surface area contributed by atoms with E-state index in [0.717, 1.165) is 21.9 Å². The fraction of sp³-hybridized carbons (Fsp3) is 0.650. The normalized spacial score (nSPS) is 29.5. The second kappa shape index (κ2) is 7.36. The number of hydrogen-bond donors (Lipinski definition) is 1. The molecular weight excluding hydrogens is 392 g/mol. The van der Waals surface area contributed by atoms with Gasteiger partial charge < -0.3 is 4.90 Å². The Balaban J connectivity index is 1.46. The molecule has 1 aliphatic carbocycles. The number of hydrogen-bond acceptors (Lipinski definition) is 5. The van der Waals surface area contributed by atoms with Crippen LogP contribution in [-0.4, -0.2) is 60.1 Å². The highest BCUT2D eigenvalue weighted by Gasteiger charge is 2.48. The molecule has 0 spiro atoms. The molecule has 3 heterocycles. The Kier molecular flexibility index (Phi) is 5.14. The summed E-state index contributed by atoms with van der Waals surface area (Å²) in [4.78, 5) is 27.8. The van der Waals surface area contributed by atoms with Gasteiger partial charge in [0.05, 0.1) is 47.7 Å². The summed E-state index contributed by atoms with van der Waals surface area (Å²) in [5.74, 6) is -0.142. The molecule has 9 heteroatoms. The topological polar surface area (TPSA) is 93.8 Å². The number of rotatable bonds is 5. The lowest BCUT2D eigenvalue weighted by molar-refractivity contribution is -0.901. The molecule has 2 saturated heterocycles. The third-order valence-electron chi connectivity index (χ3n) is 6.53. The average Bonchev–Trinajstić information content (AvgIpc) is 3.25. The van der Waals surface area contributed by atoms with E-state index in [1.54, 1.807) is 0 Å². The predicted octanol–water partition coefficient (Wildman–Crippen LogP) is -0.217. The van der Waals surface area contributed by atoms with Crippen LogP contribution in [0.15, 0.2) is 12.2 Å². The summed E-state index contributed by atoms with van der Waals surface area (Å²) in [5.41, 5.74) is 2.91. The van der Waals surface area contributed by atoms with Crippen LogP contribution in [0.25, 0.3) is 0 Å². The fourth-order valence-corrected chi connectivity index (χ4v) is 6.62. The highest BCUT2D eigenvalue weighted by molar-refractivity contribution is 7.91. The molecule has 4 atom stereocenters. The lowest BCUT2D eigenvalue weighted by Crippen LogP contribution is -3.09. The Hall–Kier alpha value is -2.00. The minimum Gasteiger partial charge on any atom is -0.316 e. The predicted molar refractivity (Wildman–Crippen MR) is 107 cm³/mol. The molecule has 2 aliphatic heterocycles. The average molecular weight is 422 g/mol. The molecule has 2 fully saturated rings. The monoisotopic (exact) mass is 421 g/mol. The standard InChI is InChI=1S/C20H28N4O4S/c1-13-18(14(2)24(21-13)15-8-9-29(27,28)11-15)10-22(3)12-23-19(25)16-6-4-5-7-17(16)20(23)26/h4-5,15-17H,6-12H2,1-3H3/p+1/t15-,16-,17+/m1/s1. The van der Waals surface area contributed by atoms with Gasteiger partial charge in [-0.1, -0.05) is 12.2 Å². The first-order chi connectivity index (χ1) is 13.7. The fourth-order valence-electron chi connectivity index (χ4n) is 4.93. The number of nitrogens with zero attached hydrogens (tertiary/aromatic N) is 3. The first kappa shape index (κ1) is 20.3. The van der Waals surface area contributed by atoms with Crippen molar-refractivity contribution in [2.75, 3.05) is 25.2 Å². The zero-order valence-electron chi connectivity index (χ0n) is 17.2. The Morgan fingerprint density at radius 1 is 1.14 bits per heavy atom. The van der Waals surface area contributed by atoms with E-state index in [9.17, 15) is 18.0 Å². The Bertz CT molecular complexity index is 955. The van der Waals surface area contributed by atoms with E-state index in [2.05, 4.69) is 5.10 Å². The number of carbonyl (C=O) groups is 2. The quantitative estimate of drug-likeness (QED) is 0.524. The van der Waals surface area contributed by atoms with E-state index in [-0.39, 0.29) is 41.2 Å². The van der Waals surface area contributed by atoms with Crippen LogP contribution in [0.4, 0.5) is 0 Å². The summed E-state index contributed by atoms with van der Waals surface area (Å²) in [6, 6.07) is -0.106. The number of aromatic nitrogens is 2. The minimum atomic E-state index is -2.98. The maximum Gasteiger partial charge on any atom is 0.237 e. The van der Waals surface area contributed by atoms with E-state index in [1.807, 2.05) is 37.7 Å². The van der Waals surface area contributed by atoms with Crippen LogP contribution in [0.5, 0.6) is 0 Å². The molecule has 0 aromatic carbocycles. The molecule has 2 amide bonds. The van der Waals surface area contributed by atoms with Crippen molar-refractivity contribution in [1.82, 2.24) is 14.7 Å². The van der Waals surface area contributed by atoms with Crippen LogP contribution < -0.4 is 4.90 Å². The second-order valence-corrected chi connectivity index (χ2v) is 10.9. The van der Waals surface area contributed by atoms with Gasteiger partial charge in [0.25, 0.3) is 0 Å². The molecular formula is C20H29N4O4S+. The number of nitrogens with one attached hydrogen (secondary N) is 1. The van der Waals surface area contributed by atoms with E-state index < -0.39 is 9.84 Å². The van der Waals surface area contributed by atoms with Crippen molar-refractivity contribution in [3.63, 3.8) is 0 Å². The van der Waals surface area contributed by atoms with Crippen LogP contribution in [0.3, 0.4) is 0 Å². The summed E-state index contributed by atoms with van der Waals surface area (Å²) < 4.78 is 25.5. The summed E-state index contributed by atoms with van der Waals surface area (Å²) in [6.45, 7) is 4.87. The number of imide groups is 1. The first-order valence-electron chi connectivity index (χ1n) is 10.2. The number of fused-ring (bicyclic) bond motifs is 1. The van der Waals surface area contributed by atoms with Gasteiger partial charge in [-0.3, -0.25) is 14.3 Å².